The number of rotatable bonds is 5. The second kappa shape index (κ2) is 10.6. The summed E-state index contributed by atoms with van der Waals surface area (Å²) in [5.41, 5.74) is 0.699. The molecule has 9 heteroatoms. The van der Waals surface area contributed by atoms with Crippen molar-refractivity contribution in [3.8, 4) is 0 Å². The molecule has 0 radical (unpaired) electrons. The van der Waals surface area contributed by atoms with Gasteiger partial charge in [0.1, 0.15) is 0 Å². The molecule has 1 saturated heterocycles. The van der Waals surface area contributed by atoms with Crippen molar-refractivity contribution in [3.63, 3.8) is 0 Å². The van der Waals surface area contributed by atoms with Gasteiger partial charge in [-0.1, -0.05) is 31.0 Å². The Bertz CT molecular complexity index is 721. The van der Waals surface area contributed by atoms with E-state index in [1.54, 1.807) is 25.2 Å². The van der Waals surface area contributed by atoms with E-state index in [9.17, 15) is 14.9 Å². The predicted octanol–water partition coefficient (Wildman–Crippen LogP) is 2.67. The number of aliphatic imine (C=N–C) groups is 1. The van der Waals surface area contributed by atoms with Gasteiger partial charge in [-0.15, -0.1) is 24.0 Å². The fraction of sp³-hybridized carbons (Fsp3) is 0.579. The molecule has 1 atom stereocenters. The highest BCUT2D eigenvalue weighted by Crippen LogP contribution is 2.27. The minimum atomic E-state index is -0.378. The van der Waals surface area contributed by atoms with Gasteiger partial charge in [0, 0.05) is 50.3 Å². The van der Waals surface area contributed by atoms with Gasteiger partial charge in [0.05, 0.1) is 4.92 Å². The molecule has 2 fully saturated rings. The van der Waals surface area contributed by atoms with Crippen LogP contribution in [0.5, 0.6) is 0 Å². The quantitative estimate of drug-likeness (QED) is 0.213. The smallest absolute Gasteiger partial charge is 0.274 e. The van der Waals surface area contributed by atoms with Gasteiger partial charge in [-0.2, -0.15) is 0 Å². The Labute approximate surface area is 182 Å². The van der Waals surface area contributed by atoms with Crippen molar-refractivity contribution < 1.29 is 9.72 Å². The van der Waals surface area contributed by atoms with Gasteiger partial charge in [0.2, 0.25) is 5.91 Å². The minimum Gasteiger partial charge on any atom is -0.352 e. The third-order valence-electron chi connectivity index (χ3n) is 5.40. The average Bonchev–Trinajstić information content (AvgIpc) is 3.36. The zero-order valence-corrected chi connectivity index (χ0v) is 18.4. The van der Waals surface area contributed by atoms with Crippen LogP contribution in [0.15, 0.2) is 29.3 Å². The third kappa shape index (κ3) is 5.55. The summed E-state index contributed by atoms with van der Waals surface area (Å²) in [6.45, 7) is 1.77. The van der Waals surface area contributed by atoms with Crippen molar-refractivity contribution in [1.82, 2.24) is 15.5 Å². The number of nitrogens with one attached hydrogen (secondary N) is 2. The average molecular weight is 501 g/mol. The molecule has 2 N–H and O–H groups in total. The molecule has 154 valence electrons. The number of nitro groups is 1. The first-order valence-corrected chi connectivity index (χ1v) is 9.56. The number of halogens is 1. The zero-order valence-electron chi connectivity index (χ0n) is 16.1. The Balaban J connectivity index is 0.00000280. The van der Waals surface area contributed by atoms with E-state index in [4.69, 9.17) is 0 Å². The fourth-order valence-electron chi connectivity index (χ4n) is 3.91. The van der Waals surface area contributed by atoms with Crippen LogP contribution in [0.25, 0.3) is 0 Å². The molecular formula is C19H28IN5O3. The standard InChI is InChI=1S/C19H27N5O3.HI/c1-20-19(21-12-15-8-4-5-9-17(15)24(26)27)22-16-10-11-23(13-16)18(25)14-6-2-3-7-14;/h4-5,8-9,14,16H,2-3,6-7,10-13H2,1H3,(H2,20,21,22);1H. The number of nitro benzene ring substituents is 1. The van der Waals surface area contributed by atoms with Crippen LogP contribution in [0.2, 0.25) is 0 Å². The molecule has 1 amide bonds. The summed E-state index contributed by atoms with van der Waals surface area (Å²) in [5.74, 6) is 1.09. The first-order valence-electron chi connectivity index (χ1n) is 9.56. The Morgan fingerprint density at radius 2 is 2.00 bits per heavy atom. The van der Waals surface area contributed by atoms with E-state index in [2.05, 4.69) is 15.6 Å². The van der Waals surface area contributed by atoms with E-state index < -0.39 is 0 Å². The number of para-hydroxylation sites is 1. The molecule has 0 bridgehead atoms. The summed E-state index contributed by atoms with van der Waals surface area (Å²) in [6.07, 6.45) is 5.24. The van der Waals surface area contributed by atoms with Crippen molar-refractivity contribution in [1.29, 1.82) is 0 Å². The number of amides is 1. The van der Waals surface area contributed by atoms with Gasteiger partial charge in [-0.3, -0.25) is 19.9 Å². The Morgan fingerprint density at radius 3 is 2.68 bits per heavy atom. The molecule has 2 aliphatic rings. The van der Waals surface area contributed by atoms with Crippen LogP contribution in [0.4, 0.5) is 5.69 Å². The Kier molecular flexibility index (Phi) is 8.46. The molecule has 28 heavy (non-hydrogen) atoms. The molecule has 1 saturated carbocycles. The topological polar surface area (TPSA) is 99.9 Å². The molecule has 1 aliphatic heterocycles. The highest BCUT2D eigenvalue weighted by molar-refractivity contribution is 14.0. The number of likely N-dealkylation sites (tertiary alicyclic amines) is 1. The van der Waals surface area contributed by atoms with Crippen LogP contribution >= 0.6 is 24.0 Å². The maximum atomic E-state index is 12.5. The summed E-state index contributed by atoms with van der Waals surface area (Å²) >= 11 is 0. The summed E-state index contributed by atoms with van der Waals surface area (Å²) in [5, 5.41) is 17.6. The fourth-order valence-corrected chi connectivity index (χ4v) is 3.91. The largest absolute Gasteiger partial charge is 0.352 e. The molecule has 1 aliphatic carbocycles. The monoisotopic (exact) mass is 501 g/mol. The van der Waals surface area contributed by atoms with Crippen molar-refractivity contribution in [2.45, 2.75) is 44.7 Å². The number of hydrogen-bond donors (Lipinski definition) is 2. The van der Waals surface area contributed by atoms with Crippen molar-refractivity contribution in [2.75, 3.05) is 20.1 Å². The minimum absolute atomic E-state index is 0. The van der Waals surface area contributed by atoms with E-state index >= 15 is 0 Å². The van der Waals surface area contributed by atoms with Gasteiger partial charge >= 0.3 is 0 Å². The van der Waals surface area contributed by atoms with Crippen LogP contribution in [0.1, 0.15) is 37.7 Å². The van der Waals surface area contributed by atoms with Crippen LogP contribution in [0.3, 0.4) is 0 Å². The molecule has 1 aromatic rings. The second-order valence-electron chi connectivity index (χ2n) is 7.21. The maximum Gasteiger partial charge on any atom is 0.274 e. The van der Waals surface area contributed by atoms with Crippen LogP contribution in [0, 0.1) is 16.0 Å². The Hall–Kier alpha value is -1.91. The van der Waals surface area contributed by atoms with Crippen molar-refractivity contribution in [3.05, 3.63) is 39.9 Å². The van der Waals surface area contributed by atoms with Gasteiger partial charge in [-0.05, 0) is 19.3 Å². The lowest BCUT2D eigenvalue weighted by atomic mass is 10.1. The normalized spacial score (nSPS) is 20.0. The molecule has 1 heterocycles. The Morgan fingerprint density at radius 1 is 1.29 bits per heavy atom. The number of benzene rings is 1. The second-order valence-corrected chi connectivity index (χ2v) is 7.21. The summed E-state index contributed by atoms with van der Waals surface area (Å²) in [6, 6.07) is 6.81. The molecule has 0 spiro atoms. The van der Waals surface area contributed by atoms with Gasteiger partial charge in [-0.25, -0.2) is 0 Å². The van der Waals surface area contributed by atoms with Crippen molar-refractivity contribution >= 4 is 41.5 Å². The number of carbonyl (C=O) groups is 1. The van der Waals surface area contributed by atoms with E-state index in [1.165, 1.54) is 6.07 Å². The van der Waals surface area contributed by atoms with Crippen LogP contribution < -0.4 is 10.6 Å². The molecule has 3 rings (SSSR count). The van der Waals surface area contributed by atoms with Crippen molar-refractivity contribution in [2.24, 2.45) is 10.9 Å². The molecule has 1 unspecified atom stereocenters. The first-order chi connectivity index (χ1) is 13.1. The summed E-state index contributed by atoms with van der Waals surface area (Å²) in [4.78, 5) is 29.5. The number of carbonyl (C=O) groups excluding carboxylic acids is 1. The molecular weight excluding hydrogens is 473 g/mol. The van der Waals surface area contributed by atoms with E-state index in [-0.39, 0.29) is 46.5 Å². The van der Waals surface area contributed by atoms with Gasteiger partial charge in [0.15, 0.2) is 5.96 Å². The molecule has 8 nitrogen and oxygen atoms in total. The van der Waals surface area contributed by atoms with E-state index in [0.29, 0.717) is 30.5 Å². The van der Waals surface area contributed by atoms with Gasteiger partial charge in [0.25, 0.3) is 5.69 Å². The predicted molar refractivity (Wildman–Crippen MR) is 119 cm³/mol. The summed E-state index contributed by atoms with van der Waals surface area (Å²) in [7, 11) is 1.67. The SMILES string of the molecule is CN=C(NCc1ccccc1[N+](=O)[O-])NC1CCN(C(=O)C2CCCC2)C1.I. The first kappa shape index (κ1) is 22.4. The number of nitrogens with zero attached hydrogens (tertiary/aromatic N) is 3. The lowest BCUT2D eigenvalue weighted by Gasteiger charge is -2.21. The highest BCUT2D eigenvalue weighted by atomic mass is 127. The van der Waals surface area contributed by atoms with E-state index in [0.717, 1.165) is 38.6 Å². The summed E-state index contributed by atoms with van der Waals surface area (Å²) < 4.78 is 0. The third-order valence-corrected chi connectivity index (χ3v) is 5.40. The molecule has 1 aromatic carbocycles. The highest BCUT2D eigenvalue weighted by Gasteiger charge is 2.32. The maximum absolute atomic E-state index is 12.5. The van der Waals surface area contributed by atoms with Gasteiger partial charge < -0.3 is 15.5 Å². The van der Waals surface area contributed by atoms with E-state index in [1.807, 2.05) is 4.90 Å². The zero-order chi connectivity index (χ0) is 19.2. The number of hydrogen-bond acceptors (Lipinski definition) is 4. The van der Waals surface area contributed by atoms with Crippen LogP contribution in [-0.2, 0) is 11.3 Å². The lowest BCUT2D eigenvalue weighted by Crippen LogP contribution is -2.45. The lowest BCUT2D eigenvalue weighted by molar-refractivity contribution is -0.385. The molecule has 0 aromatic heterocycles. The van der Waals surface area contributed by atoms with Crippen LogP contribution in [-0.4, -0.2) is 47.9 Å². The number of guanidine groups is 1.